The second-order valence-electron chi connectivity index (χ2n) is 5.96. The van der Waals surface area contributed by atoms with Crippen LogP contribution in [0.2, 0.25) is 0 Å². The van der Waals surface area contributed by atoms with Crippen molar-refractivity contribution < 1.29 is 26.0 Å². The molecule has 9 heteroatoms. The quantitative estimate of drug-likeness (QED) is 0.749. The van der Waals surface area contributed by atoms with E-state index < -0.39 is 27.4 Å². The average Bonchev–Trinajstić information content (AvgIpc) is 2.90. The minimum Gasteiger partial charge on any atom is -0.255 e. The second kappa shape index (κ2) is 6.15. The van der Waals surface area contributed by atoms with Gasteiger partial charge in [0.2, 0.25) is 0 Å². The fourth-order valence-electron chi connectivity index (χ4n) is 2.76. The summed E-state index contributed by atoms with van der Waals surface area (Å²) in [5.74, 6) is -1.05. The minimum atomic E-state index is -4.60. The molecular formula is C17H14F4N2O2S. The first-order chi connectivity index (χ1) is 12.0. The number of aromatic nitrogens is 2. The van der Waals surface area contributed by atoms with Gasteiger partial charge in [0.25, 0.3) is 0 Å². The Morgan fingerprint density at radius 1 is 1.12 bits per heavy atom. The molecule has 0 radical (unpaired) electrons. The first kappa shape index (κ1) is 18.5. The van der Waals surface area contributed by atoms with Crippen molar-refractivity contribution in [3.8, 4) is 0 Å². The van der Waals surface area contributed by atoms with E-state index in [4.69, 9.17) is 0 Å². The molecule has 0 unspecified atom stereocenters. The molecule has 0 spiro atoms. The van der Waals surface area contributed by atoms with Crippen molar-refractivity contribution in [2.24, 2.45) is 0 Å². The molecule has 0 saturated heterocycles. The summed E-state index contributed by atoms with van der Waals surface area (Å²) in [6.07, 6.45) is -2.85. The number of nitrogens with zero attached hydrogens (tertiary/aromatic N) is 2. The summed E-state index contributed by atoms with van der Waals surface area (Å²) in [4.78, 5) is 7.50. The lowest BCUT2D eigenvalue weighted by Crippen LogP contribution is -2.09. The Balaban J connectivity index is 2.14. The van der Waals surface area contributed by atoms with Gasteiger partial charge in [0.15, 0.2) is 15.7 Å². The van der Waals surface area contributed by atoms with Gasteiger partial charge in [0, 0.05) is 24.4 Å². The van der Waals surface area contributed by atoms with Crippen LogP contribution in [0.1, 0.15) is 35.0 Å². The van der Waals surface area contributed by atoms with E-state index in [1.807, 2.05) is 0 Å². The van der Waals surface area contributed by atoms with Gasteiger partial charge in [-0.3, -0.25) is 9.97 Å². The van der Waals surface area contributed by atoms with Crippen molar-refractivity contribution in [3.05, 3.63) is 52.6 Å². The molecule has 138 valence electrons. The van der Waals surface area contributed by atoms with Gasteiger partial charge < -0.3 is 0 Å². The minimum absolute atomic E-state index is 0.0505. The van der Waals surface area contributed by atoms with Crippen LogP contribution in [0.4, 0.5) is 17.6 Å². The summed E-state index contributed by atoms with van der Waals surface area (Å²) in [6, 6.07) is 2.22. The molecule has 0 saturated carbocycles. The molecule has 2 aromatic heterocycles. The van der Waals surface area contributed by atoms with Crippen LogP contribution in [-0.2, 0) is 22.4 Å². The Kier molecular flexibility index (Phi) is 4.38. The van der Waals surface area contributed by atoms with E-state index in [2.05, 4.69) is 9.97 Å². The molecule has 0 aliphatic heterocycles. The lowest BCUT2D eigenvalue weighted by Gasteiger charge is -2.10. The maximum absolute atomic E-state index is 14.8. The summed E-state index contributed by atoms with van der Waals surface area (Å²) in [5, 5.41) is 0. The topological polar surface area (TPSA) is 59.9 Å². The van der Waals surface area contributed by atoms with Crippen molar-refractivity contribution in [3.63, 3.8) is 0 Å². The van der Waals surface area contributed by atoms with E-state index in [1.165, 1.54) is 19.2 Å². The van der Waals surface area contributed by atoms with Crippen molar-refractivity contribution >= 4 is 21.2 Å². The van der Waals surface area contributed by atoms with E-state index in [-0.39, 0.29) is 39.6 Å². The Morgan fingerprint density at radius 2 is 1.77 bits per heavy atom. The van der Waals surface area contributed by atoms with Crippen LogP contribution in [0.5, 0.6) is 0 Å². The van der Waals surface area contributed by atoms with Crippen LogP contribution in [0.15, 0.2) is 29.4 Å². The van der Waals surface area contributed by atoms with Crippen LogP contribution in [0.25, 0.3) is 11.4 Å². The number of hydrogen-bond donors (Lipinski definition) is 0. The van der Waals surface area contributed by atoms with Gasteiger partial charge in [-0.15, -0.1) is 0 Å². The Labute approximate surface area is 147 Å². The Hall–Kier alpha value is -2.29. The molecule has 0 aromatic carbocycles. The van der Waals surface area contributed by atoms with Gasteiger partial charge in [-0.2, -0.15) is 13.2 Å². The van der Waals surface area contributed by atoms with Crippen molar-refractivity contribution in [1.82, 2.24) is 9.97 Å². The maximum atomic E-state index is 14.8. The summed E-state index contributed by atoms with van der Waals surface area (Å²) in [5.41, 5.74) is -0.719. The number of alkyl halides is 3. The molecule has 2 heterocycles. The molecule has 0 amide bonds. The highest BCUT2D eigenvalue weighted by Crippen LogP contribution is 2.41. The third-order valence-electron chi connectivity index (χ3n) is 4.12. The fraction of sp³-hybridized carbons (Fsp3) is 0.294. The van der Waals surface area contributed by atoms with Crippen molar-refractivity contribution in [2.45, 2.75) is 31.3 Å². The zero-order valence-electron chi connectivity index (χ0n) is 13.9. The molecule has 26 heavy (non-hydrogen) atoms. The van der Waals surface area contributed by atoms with E-state index >= 15 is 0 Å². The predicted octanol–water partition coefficient (Wildman–Crippen LogP) is 3.99. The van der Waals surface area contributed by atoms with Crippen LogP contribution in [0.3, 0.4) is 0 Å². The standard InChI is InChI=1S/C17H14F4N2O2S/c1-3-26(24,25)13-4-9(2)7-22-16(13)12-6-10-5-11(17(19,20)21)8-23-15(10)14(12)18/h4-5,7-8H,3,6H2,1-2H3. The van der Waals surface area contributed by atoms with Gasteiger partial charge in [-0.05, 0) is 30.2 Å². The normalized spacial score (nSPS) is 14.7. The molecule has 0 bridgehead atoms. The highest BCUT2D eigenvalue weighted by atomic mass is 32.2. The summed E-state index contributed by atoms with van der Waals surface area (Å²) < 4.78 is 78.0. The van der Waals surface area contributed by atoms with E-state index in [9.17, 15) is 26.0 Å². The number of sulfone groups is 1. The third kappa shape index (κ3) is 3.11. The van der Waals surface area contributed by atoms with Crippen LogP contribution in [0, 0.1) is 6.92 Å². The number of aryl methyl sites for hydroxylation is 1. The highest BCUT2D eigenvalue weighted by Gasteiger charge is 2.35. The summed E-state index contributed by atoms with van der Waals surface area (Å²) in [6.45, 7) is 3.10. The molecule has 0 fully saturated rings. The first-order valence-corrected chi connectivity index (χ1v) is 9.34. The molecule has 1 aliphatic carbocycles. The van der Waals surface area contributed by atoms with Crippen LogP contribution < -0.4 is 0 Å². The zero-order chi connectivity index (χ0) is 19.3. The second-order valence-corrected chi connectivity index (χ2v) is 8.21. The van der Waals surface area contributed by atoms with Crippen molar-refractivity contribution in [1.29, 1.82) is 0 Å². The van der Waals surface area contributed by atoms with Crippen LogP contribution in [-0.4, -0.2) is 24.1 Å². The predicted molar refractivity (Wildman–Crippen MR) is 87.6 cm³/mol. The number of rotatable bonds is 3. The summed E-state index contributed by atoms with van der Waals surface area (Å²) >= 11 is 0. The Bertz CT molecular complexity index is 1030. The fourth-order valence-corrected chi connectivity index (χ4v) is 3.90. The molecule has 1 aliphatic rings. The van der Waals surface area contributed by atoms with Gasteiger partial charge in [-0.25, -0.2) is 12.8 Å². The number of hydrogen-bond acceptors (Lipinski definition) is 4. The van der Waals surface area contributed by atoms with E-state index in [1.54, 1.807) is 6.92 Å². The van der Waals surface area contributed by atoms with Gasteiger partial charge in [0.1, 0.15) is 5.69 Å². The van der Waals surface area contributed by atoms with Gasteiger partial charge in [0.05, 0.1) is 21.9 Å². The maximum Gasteiger partial charge on any atom is 0.417 e. The number of pyridine rings is 2. The van der Waals surface area contributed by atoms with E-state index in [0.717, 1.165) is 6.07 Å². The van der Waals surface area contributed by atoms with Gasteiger partial charge in [-0.1, -0.05) is 6.92 Å². The largest absolute Gasteiger partial charge is 0.417 e. The molecule has 2 aromatic rings. The molecular weight excluding hydrogens is 372 g/mol. The number of allylic oxidation sites excluding steroid dienone is 1. The lowest BCUT2D eigenvalue weighted by atomic mass is 10.1. The molecule has 4 nitrogen and oxygen atoms in total. The average molecular weight is 386 g/mol. The van der Waals surface area contributed by atoms with Gasteiger partial charge >= 0.3 is 6.18 Å². The lowest BCUT2D eigenvalue weighted by molar-refractivity contribution is -0.137. The number of fused-ring (bicyclic) bond motifs is 1. The SMILES string of the molecule is CCS(=O)(=O)c1cc(C)cnc1C1=C(F)c2ncc(C(F)(F)F)cc2C1. The zero-order valence-corrected chi connectivity index (χ0v) is 14.7. The third-order valence-corrected chi connectivity index (χ3v) is 5.87. The van der Waals surface area contributed by atoms with E-state index in [0.29, 0.717) is 11.8 Å². The molecule has 0 atom stereocenters. The monoisotopic (exact) mass is 386 g/mol. The van der Waals surface area contributed by atoms with Crippen LogP contribution >= 0.6 is 0 Å². The number of halogens is 4. The molecule has 3 rings (SSSR count). The highest BCUT2D eigenvalue weighted by molar-refractivity contribution is 7.91. The summed E-state index contributed by atoms with van der Waals surface area (Å²) in [7, 11) is -3.69. The Morgan fingerprint density at radius 3 is 2.38 bits per heavy atom. The van der Waals surface area contributed by atoms with Crippen molar-refractivity contribution in [2.75, 3.05) is 5.75 Å². The smallest absolute Gasteiger partial charge is 0.255 e. The molecule has 0 N–H and O–H groups in total. The first-order valence-electron chi connectivity index (χ1n) is 7.69.